The number of carbonyl (C=O) groups excluding carboxylic acids is 2. The second-order valence-corrected chi connectivity index (χ2v) is 8.76. The number of anilines is 2. The van der Waals surface area contributed by atoms with Crippen LogP contribution in [-0.4, -0.2) is 29.3 Å². The van der Waals surface area contributed by atoms with Gasteiger partial charge in [-0.15, -0.1) is 0 Å². The van der Waals surface area contributed by atoms with E-state index >= 15 is 0 Å². The summed E-state index contributed by atoms with van der Waals surface area (Å²) in [6.45, 7) is -2.97. The number of hydrogen-bond acceptors (Lipinski definition) is 6. The number of halogens is 4. The number of alkyl halides is 2. The lowest BCUT2D eigenvalue weighted by Crippen LogP contribution is -2.31. The van der Waals surface area contributed by atoms with Crippen molar-refractivity contribution in [2.24, 2.45) is 4.99 Å². The van der Waals surface area contributed by atoms with E-state index in [1.54, 1.807) is 24.3 Å². The molecule has 1 aliphatic heterocycles. The molecule has 12 heteroatoms. The monoisotopic (exact) mass is 537 g/mol. The lowest BCUT2D eigenvalue weighted by molar-refractivity contribution is -0.114. The van der Waals surface area contributed by atoms with Gasteiger partial charge in [-0.05, 0) is 54.6 Å². The van der Waals surface area contributed by atoms with Crippen LogP contribution in [-0.2, 0) is 9.59 Å². The number of hydrogen-bond donors (Lipinski definition) is 1. The average Bonchev–Trinajstić information content (AvgIpc) is 3.40. The summed E-state index contributed by atoms with van der Waals surface area (Å²) in [5.74, 6) is -0.596. The van der Waals surface area contributed by atoms with E-state index in [0.29, 0.717) is 27.2 Å². The summed E-state index contributed by atoms with van der Waals surface area (Å²) in [5.41, 5.74) is 0.854. The van der Waals surface area contributed by atoms with Crippen LogP contribution >= 0.6 is 35.0 Å². The van der Waals surface area contributed by atoms with Gasteiger partial charge in [-0.25, -0.2) is 4.99 Å². The largest absolute Gasteiger partial charge is 0.465 e. The molecule has 0 unspecified atom stereocenters. The van der Waals surface area contributed by atoms with E-state index in [2.05, 4.69) is 15.0 Å². The van der Waals surface area contributed by atoms with Gasteiger partial charge in [-0.2, -0.15) is 8.78 Å². The number of amidine groups is 1. The molecule has 35 heavy (non-hydrogen) atoms. The lowest BCUT2D eigenvalue weighted by Gasteiger charge is -2.18. The van der Waals surface area contributed by atoms with Crippen LogP contribution in [0.15, 0.2) is 76.0 Å². The van der Waals surface area contributed by atoms with Gasteiger partial charge in [0.05, 0.1) is 17.7 Å². The van der Waals surface area contributed by atoms with Gasteiger partial charge in [0.25, 0.3) is 5.91 Å². The van der Waals surface area contributed by atoms with Crippen molar-refractivity contribution in [1.82, 2.24) is 0 Å². The number of nitrogens with one attached hydrogen (secondary N) is 1. The van der Waals surface area contributed by atoms with E-state index in [9.17, 15) is 18.4 Å². The first-order valence-corrected chi connectivity index (χ1v) is 11.6. The number of amides is 2. The Balaban J connectivity index is 1.54. The fourth-order valence-electron chi connectivity index (χ4n) is 3.06. The van der Waals surface area contributed by atoms with Crippen molar-refractivity contribution in [1.29, 1.82) is 0 Å². The summed E-state index contributed by atoms with van der Waals surface area (Å²) >= 11 is 12.9. The fraction of sp³-hybridized carbons (Fsp3) is 0.0870. The van der Waals surface area contributed by atoms with E-state index in [1.165, 1.54) is 47.6 Å². The molecular formula is C23H15Cl2F2N3O4S. The number of benzene rings is 2. The maximum atomic E-state index is 13.1. The maximum Gasteiger partial charge on any atom is 0.387 e. The number of ether oxygens (including phenoxy) is 1. The molecule has 1 aliphatic rings. The Bertz CT molecular complexity index is 1280. The molecule has 0 saturated carbocycles. The SMILES string of the molecule is O=C(CSC1=NC(=Cc2ccco2)C(=O)N1c1ccc(OC(F)F)cc1)Nc1cc(Cl)cc(Cl)c1. The summed E-state index contributed by atoms with van der Waals surface area (Å²) in [6.07, 6.45) is 2.92. The summed E-state index contributed by atoms with van der Waals surface area (Å²) in [5, 5.41) is 3.63. The highest BCUT2D eigenvalue weighted by Crippen LogP contribution is 2.31. The molecule has 4 rings (SSSR count). The highest BCUT2D eigenvalue weighted by molar-refractivity contribution is 8.14. The van der Waals surface area contributed by atoms with Crippen molar-refractivity contribution in [3.05, 3.63) is 82.4 Å². The van der Waals surface area contributed by atoms with Crippen molar-refractivity contribution in [2.45, 2.75) is 6.61 Å². The number of carbonyl (C=O) groups is 2. The Morgan fingerprint density at radius 3 is 2.51 bits per heavy atom. The smallest absolute Gasteiger partial charge is 0.387 e. The predicted molar refractivity (Wildman–Crippen MR) is 132 cm³/mol. The second kappa shape index (κ2) is 10.9. The van der Waals surface area contributed by atoms with Crippen LogP contribution in [0.25, 0.3) is 6.08 Å². The summed E-state index contributed by atoms with van der Waals surface area (Å²) in [7, 11) is 0. The molecule has 2 amide bonds. The molecule has 2 aromatic carbocycles. The Morgan fingerprint density at radius 2 is 1.89 bits per heavy atom. The van der Waals surface area contributed by atoms with Crippen LogP contribution in [0.2, 0.25) is 10.0 Å². The normalized spacial score (nSPS) is 14.5. The van der Waals surface area contributed by atoms with Crippen molar-refractivity contribution in [2.75, 3.05) is 16.0 Å². The quantitative estimate of drug-likeness (QED) is 0.357. The minimum Gasteiger partial charge on any atom is -0.465 e. The fourth-order valence-corrected chi connectivity index (χ4v) is 4.40. The van der Waals surface area contributed by atoms with Crippen LogP contribution < -0.4 is 15.0 Å². The van der Waals surface area contributed by atoms with Crippen molar-refractivity contribution < 1.29 is 27.5 Å². The summed E-state index contributed by atoms with van der Waals surface area (Å²) in [4.78, 5) is 31.3. The van der Waals surface area contributed by atoms with E-state index in [0.717, 1.165) is 11.8 Å². The molecule has 0 radical (unpaired) electrons. The number of rotatable bonds is 7. The molecule has 0 spiro atoms. The van der Waals surface area contributed by atoms with E-state index in [-0.39, 0.29) is 28.3 Å². The van der Waals surface area contributed by atoms with E-state index in [4.69, 9.17) is 27.6 Å². The van der Waals surface area contributed by atoms with Crippen molar-refractivity contribution in [3.8, 4) is 5.75 Å². The first-order chi connectivity index (χ1) is 16.8. The minimum absolute atomic E-state index is 0.0625. The average molecular weight is 538 g/mol. The van der Waals surface area contributed by atoms with Crippen molar-refractivity contribution >= 4 is 69.4 Å². The van der Waals surface area contributed by atoms with Gasteiger partial charge in [0.1, 0.15) is 17.2 Å². The number of aliphatic imine (C=N–C) groups is 1. The molecule has 7 nitrogen and oxygen atoms in total. The van der Waals surface area contributed by atoms with Gasteiger partial charge in [0.15, 0.2) is 5.17 Å². The van der Waals surface area contributed by atoms with Crippen molar-refractivity contribution in [3.63, 3.8) is 0 Å². The zero-order chi connectivity index (χ0) is 24.9. The third-order valence-electron chi connectivity index (χ3n) is 4.45. The number of nitrogens with zero attached hydrogens (tertiary/aromatic N) is 2. The summed E-state index contributed by atoms with van der Waals surface area (Å²) < 4.78 is 34.6. The Kier molecular flexibility index (Phi) is 7.74. The highest BCUT2D eigenvalue weighted by atomic mass is 35.5. The number of thioether (sulfide) groups is 1. The third kappa shape index (κ3) is 6.41. The Morgan fingerprint density at radius 1 is 1.17 bits per heavy atom. The topological polar surface area (TPSA) is 84.1 Å². The van der Waals surface area contributed by atoms with Gasteiger partial charge in [0, 0.05) is 21.8 Å². The van der Waals surface area contributed by atoms with Gasteiger partial charge >= 0.3 is 6.61 Å². The maximum absolute atomic E-state index is 13.1. The van der Waals surface area contributed by atoms with Crippen LogP contribution in [0.4, 0.5) is 20.2 Å². The molecule has 0 aliphatic carbocycles. The van der Waals surface area contributed by atoms with Gasteiger partial charge < -0.3 is 14.5 Å². The molecule has 0 saturated heterocycles. The van der Waals surface area contributed by atoms with Crippen LogP contribution in [0.5, 0.6) is 5.75 Å². The minimum atomic E-state index is -2.97. The van der Waals surface area contributed by atoms with Gasteiger partial charge in [-0.1, -0.05) is 35.0 Å². The Hall–Kier alpha value is -3.34. The molecule has 1 N–H and O–H groups in total. The first kappa shape index (κ1) is 24.8. The third-order valence-corrected chi connectivity index (χ3v) is 5.83. The molecule has 0 bridgehead atoms. The number of furan rings is 1. The molecule has 0 fully saturated rings. The standard InChI is InChI=1S/C23H15Cl2F2N3O4S/c24-13-8-14(25)10-15(9-13)28-20(31)12-35-23-29-19(11-18-2-1-7-33-18)21(32)30(23)16-3-5-17(6-4-16)34-22(26)27/h1-11,22H,12H2,(H,28,31). The zero-order valence-electron chi connectivity index (χ0n) is 17.6. The molecule has 0 atom stereocenters. The first-order valence-electron chi connectivity index (χ1n) is 9.90. The van der Waals surface area contributed by atoms with Crippen LogP contribution in [0.3, 0.4) is 0 Å². The van der Waals surface area contributed by atoms with Crippen LogP contribution in [0, 0.1) is 0 Å². The summed E-state index contributed by atoms with van der Waals surface area (Å²) in [6, 6.07) is 13.4. The molecular weight excluding hydrogens is 523 g/mol. The van der Waals surface area contributed by atoms with E-state index < -0.39 is 12.5 Å². The van der Waals surface area contributed by atoms with Gasteiger partial charge in [-0.3, -0.25) is 14.5 Å². The second-order valence-electron chi connectivity index (χ2n) is 6.95. The van der Waals surface area contributed by atoms with Gasteiger partial charge in [0.2, 0.25) is 5.91 Å². The molecule has 2 heterocycles. The predicted octanol–water partition coefficient (Wildman–Crippen LogP) is 6.30. The highest BCUT2D eigenvalue weighted by Gasteiger charge is 2.32. The molecule has 180 valence electrons. The molecule has 1 aromatic heterocycles. The van der Waals surface area contributed by atoms with E-state index in [1.807, 2.05) is 0 Å². The molecule has 3 aromatic rings. The Labute approximate surface area is 212 Å². The van der Waals surface area contributed by atoms with Crippen LogP contribution in [0.1, 0.15) is 5.76 Å². The lowest BCUT2D eigenvalue weighted by atomic mass is 10.2. The zero-order valence-corrected chi connectivity index (χ0v) is 19.9.